The van der Waals surface area contributed by atoms with Crippen molar-refractivity contribution in [3.05, 3.63) is 11.6 Å². The predicted octanol–water partition coefficient (Wildman–Crippen LogP) is 1.52. The fourth-order valence-electron chi connectivity index (χ4n) is 1.48. The largest absolute Gasteiger partial charge is 0.317 e. The third-order valence-corrected chi connectivity index (χ3v) is 2.42. The predicted molar refractivity (Wildman–Crippen MR) is 50.0 cm³/mol. The van der Waals surface area contributed by atoms with Gasteiger partial charge >= 0.3 is 0 Å². The molecule has 0 radical (unpaired) electrons. The molecule has 0 aliphatic carbocycles. The molecule has 68 valence electrons. The number of Topliss-reactive ketones (excluding diaryl/α,β-unsaturated/α-hetero) is 1. The second kappa shape index (κ2) is 4.41. The minimum absolute atomic E-state index is 0.202. The average Bonchev–Trinajstić information content (AvgIpc) is 2.06. The quantitative estimate of drug-likeness (QED) is 0.632. The monoisotopic (exact) mass is 167 g/mol. The molecule has 0 bridgehead atoms. The fraction of sp³-hybridized carbons (Fsp3) is 0.700. The van der Waals surface area contributed by atoms with Crippen LogP contribution in [0.3, 0.4) is 0 Å². The number of allylic oxidation sites excluding steroid dienone is 2. The van der Waals surface area contributed by atoms with Gasteiger partial charge in [-0.15, -0.1) is 0 Å². The van der Waals surface area contributed by atoms with E-state index in [1.54, 1.807) is 6.92 Å². The summed E-state index contributed by atoms with van der Waals surface area (Å²) in [5.74, 6) is 0.823. The fourth-order valence-corrected chi connectivity index (χ4v) is 1.48. The van der Waals surface area contributed by atoms with Gasteiger partial charge in [0.1, 0.15) is 0 Å². The van der Waals surface area contributed by atoms with Gasteiger partial charge in [-0.2, -0.15) is 0 Å². The number of rotatable bonds is 2. The van der Waals surface area contributed by atoms with E-state index in [2.05, 4.69) is 11.4 Å². The van der Waals surface area contributed by atoms with Crippen molar-refractivity contribution >= 4 is 5.78 Å². The second-order valence-electron chi connectivity index (χ2n) is 3.49. The van der Waals surface area contributed by atoms with Gasteiger partial charge in [-0.05, 0) is 51.3 Å². The van der Waals surface area contributed by atoms with Crippen molar-refractivity contribution in [2.24, 2.45) is 5.92 Å². The Morgan fingerprint density at radius 2 is 1.92 bits per heavy atom. The number of carbonyl (C=O) groups is 1. The molecule has 1 aliphatic heterocycles. The van der Waals surface area contributed by atoms with Gasteiger partial charge in [0.2, 0.25) is 0 Å². The Bertz CT molecular complexity index is 190. The van der Waals surface area contributed by atoms with E-state index in [0.29, 0.717) is 5.92 Å². The van der Waals surface area contributed by atoms with Gasteiger partial charge in [0.05, 0.1) is 0 Å². The maximum Gasteiger partial charge on any atom is 0.155 e. The lowest BCUT2D eigenvalue weighted by molar-refractivity contribution is -0.113. The Morgan fingerprint density at radius 1 is 1.33 bits per heavy atom. The standard InChI is InChI=1S/C10H17NO/c1-8(9(2)12)7-10-3-5-11-6-4-10/h7,10-11H,3-6H2,1-2H3. The lowest BCUT2D eigenvalue weighted by Crippen LogP contribution is -2.27. The van der Waals surface area contributed by atoms with Crippen LogP contribution in [-0.4, -0.2) is 18.9 Å². The van der Waals surface area contributed by atoms with Crippen molar-refractivity contribution in [2.75, 3.05) is 13.1 Å². The van der Waals surface area contributed by atoms with Gasteiger partial charge in [-0.1, -0.05) is 6.08 Å². The van der Waals surface area contributed by atoms with Crippen LogP contribution in [0, 0.1) is 5.92 Å². The summed E-state index contributed by atoms with van der Waals surface area (Å²) in [7, 11) is 0. The van der Waals surface area contributed by atoms with Crippen LogP contribution in [0.1, 0.15) is 26.7 Å². The molecule has 0 aromatic heterocycles. The molecule has 0 atom stereocenters. The van der Waals surface area contributed by atoms with E-state index in [9.17, 15) is 4.79 Å². The summed E-state index contributed by atoms with van der Waals surface area (Å²) in [6.45, 7) is 5.72. The molecule has 2 nitrogen and oxygen atoms in total. The average molecular weight is 167 g/mol. The first-order valence-electron chi connectivity index (χ1n) is 4.60. The van der Waals surface area contributed by atoms with E-state index in [0.717, 1.165) is 18.7 Å². The van der Waals surface area contributed by atoms with Gasteiger partial charge in [0.25, 0.3) is 0 Å². The van der Waals surface area contributed by atoms with Crippen LogP contribution < -0.4 is 5.32 Å². The Balaban J connectivity index is 2.47. The highest BCUT2D eigenvalue weighted by molar-refractivity contribution is 5.92. The smallest absolute Gasteiger partial charge is 0.155 e. The van der Waals surface area contributed by atoms with Crippen molar-refractivity contribution in [3.63, 3.8) is 0 Å². The van der Waals surface area contributed by atoms with Crippen LogP contribution in [-0.2, 0) is 4.79 Å². The SMILES string of the molecule is CC(=O)C(C)=CC1CCNCC1. The molecule has 1 saturated heterocycles. The summed E-state index contributed by atoms with van der Waals surface area (Å²) in [6, 6.07) is 0. The number of piperidine rings is 1. The van der Waals surface area contributed by atoms with E-state index >= 15 is 0 Å². The molecule has 1 fully saturated rings. The zero-order valence-electron chi connectivity index (χ0n) is 7.89. The summed E-state index contributed by atoms with van der Waals surface area (Å²) in [5.41, 5.74) is 0.918. The highest BCUT2D eigenvalue weighted by atomic mass is 16.1. The van der Waals surface area contributed by atoms with Gasteiger partial charge < -0.3 is 5.32 Å². The lowest BCUT2D eigenvalue weighted by Gasteiger charge is -2.19. The summed E-state index contributed by atoms with van der Waals surface area (Å²) >= 11 is 0. The van der Waals surface area contributed by atoms with Crippen LogP contribution in [0.15, 0.2) is 11.6 Å². The minimum atomic E-state index is 0.202. The molecule has 0 spiro atoms. The number of hydrogen-bond donors (Lipinski definition) is 1. The molecule has 0 saturated carbocycles. The zero-order chi connectivity index (χ0) is 8.97. The number of hydrogen-bond acceptors (Lipinski definition) is 2. The van der Waals surface area contributed by atoms with Crippen LogP contribution in [0.5, 0.6) is 0 Å². The summed E-state index contributed by atoms with van der Waals surface area (Å²) < 4.78 is 0. The van der Waals surface area contributed by atoms with Gasteiger partial charge in [-0.3, -0.25) is 4.79 Å². The summed E-state index contributed by atoms with van der Waals surface area (Å²) in [6.07, 6.45) is 4.47. The molecule has 1 rings (SSSR count). The van der Waals surface area contributed by atoms with Crippen LogP contribution in [0.25, 0.3) is 0 Å². The molecule has 0 aromatic carbocycles. The number of carbonyl (C=O) groups excluding carboxylic acids is 1. The molecule has 12 heavy (non-hydrogen) atoms. The molecule has 1 N–H and O–H groups in total. The van der Waals surface area contributed by atoms with Gasteiger partial charge in [0, 0.05) is 0 Å². The van der Waals surface area contributed by atoms with E-state index in [-0.39, 0.29) is 5.78 Å². The molecule has 0 aromatic rings. The van der Waals surface area contributed by atoms with E-state index in [1.807, 2.05) is 6.92 Å². The lowest BCUT2D eigenvalue weighted by atomic mass is 9.95. The maximum atomic E-state index is 10.9. The number of ketones is 1. The van der Waals surface area contributed by atoms with Crippen molar-refractivity contribution in [1.82, 2.24) is 5.32 Å². The van der Waals surface area contributed by atoms with Crippen molar-refractivity contribution in [2.45, 2.75) is 26.7 Å². The second-order valence-corrected chi connectivity index (χ2v) is 3.49. The Labute approximate surface area is 74.0 Å². The maximum absolute atomic E-state index is 10.9. The normalized spacial score (nSPS) is 21.0. The highest BCUT2D eigenvalue weighted by Gasteiger charge is 2.10. The third kappa shape index (κ3) is 2.78. The van der Waals surface area contributed by atoms with Crippen molar-refractivity contribution < 1.29 is 4.79 Å². The molecule has 0 unspecified atom stereocenters. The minimum Gasteiger partial charge on any atom is -0.317 e. The first kappa shape index (κ1) is 9.46. The number of nitrogens with one attached hydrogen (secondary N) is 1. The molecule has 2 heteroatoms. The Kier molecular flexibility index (Phi) is 3.48. The first-order valence-corrected chi connectivity index (χ1v) is 4.60. The molecule has 1 heterocycles. The highest BCUT2D eigenvalue weighted by Crippen LogP contribution is 2.15. The molecular weight excluding hydrogens is 150 g/mol. The van der Waals surface area contributed by atoms with E-state index < -0.39 is 0 Å². The van der Waals surface area contributed by atoms with Gasteiger partial charge in [-0.25, -0.2) is 0 Å². The summed E-state index contributed by atoms with van der Waals surface area (Å²) in [4.78, 5) is 10.9. The Hall–Kier alpha value is -0.630. The molecular formula is C10H17NO. The Morgan fingerprint density at radius 3 is 2.42 bits per heavy atom. The molecule has 1 aliphatic rings. The van der Waals surface area contributed by atoms with Crippen LogP contribution in [0.2, 0.25) is 0 Å². The first-order chi connectivity index (χ1) is 5.70. The third-order valence-electron chi connectivity index (χ3n) is 2.42. The van der Waals surface area contributed by atoms with E-state index in [1.165, 1.54) is 12.8 Å². The van der Waals surface area contributed by atoms with Crippen LogP contribution in [0.4, 0.5) is 0 Å². The van der Waals surface area contributed by atoms with E-state index in [4.69, 9.17) is 0 Å². The molecule has 0 amide bonds. The van der Waals surface area contributed by atoms with Gasteiger partial charge in [0.15, 0.2) is 5.78 Å². The zero-order valence-corrected chi connectivity index (χ0v) is 7.89. The van der Waals surface area contributed by atoms with Crippen molar-refractivity contribution in [1.29, 1.82) is 0 Å². The topological polar surface area (TPSA) is 29.1 Å². The van der Waals surface area contributed by atoms with Crippen LogP contribution >= 0.6 is 0 Å². The van der Waals surface area contributed by atoms with Crippen molar-refractivity contribution in [3.8, 4) is 0 Å². The summed E-state index contributed by atoms with van der Waals surface area (Å²) in [5, 5.41) is 3.30.